The van der Waals surface area contributed by atoms with Gasteiger partial charge in [0, 0.05) is 28.0 Å². The number of fused-ring (bicyclic) bond motifs is 2. The number of amides is 3. The number of benzene rings is 2. The first-order valence-corrected chi connectivity index (χ1v) is 10.5. The zero-order valence-corrected chi connectivity index (χ0v) is 17.0. The van der Waals surface area contributed by atoms with Crippen molar-refractivity contribution < 1.29 is 14.4 Å². The van der Waals surface area contributed by atoms with Crippen LogP contribution in [0.2, 0.25) is 0 Å². The molecule has 9 heteroatoms. The molecule has 1 atom stereocenters. The van der Waals surface area contributed by atoms with Crippen LogP contribution in [0.1, 0.15) is 16.8 Å². The molecule has 0 bridgehead atoms. The van der Waals surface area contributed by atoms with Crippen LogP contribution in [0.25, 0.3) is 22.2 Å². The number of aromatic nitrogens is 2. The molecular formula is C22H17N5O3S. The Kier molecular flexibility index (Phi) is 4.72. The summed E-state index contributed by atoms with van der Waals surface area (Å²) in [5.41, 5.74) is 3.49. The number of nitrogens with zero attached hydrogens (tertiary/aromatic N) is 1. The highest BCUT2D eigenvalue weighted by Gasteiger charge is 2.29. The normalized spacial score (nSPS) is 15.7. The molecule has 1 aliphatic heterocycles. The Morgan fingerprint density at radius 3 is 2.77 bits per heavy atom. The van der Waals surface area contributed by atoms with Crippen molar-refractivity contribution in [3.63, 3.8) is 0 Å². The van der Waals surface area contributed by atoms with Gasteiger partial charge in [-0.15, -0.1) is 11.3 Å². The minimum atomic E-state index is -0.979. The molecular weight excluding hydrogens is 414 g/mol. The van der Waals surface area contributed by atoms with E-state index in [1.165, 1.54) is 11.3 Å². The molecule has 3 heterocycles. The van der Waals surface area contributed by atoms with Gasteiger partial charge in [0.05, 0.1) is 23.4 Å². The predicted molar refractivity (Wildman–Crippen MR) is 119 cm³/mol. The maximum atomic E-state index is 12.5. The third-order valence-corrected chi connectivity index (χ3v) is 5.81. The van der Waals surface area contributed by atoms with E-state index in [4.69, 9.17) is 0 Å². The van der Waals surface area contributed by atoms with E-state index in [1.807, 2.05) is 35.8 Å². The number of aromatic amines is 1. The van der Waals surface area contributed by atoms with Crippen molar-refractivity contribution in [1.82, 2.24) is 15.3 Å². The highest BCUT2D eigenvalue weighted by Crippen LogP contribution is 2.31. The molecule has 2 aromatic heterocycles. The van der Waals surface area contributed by atoms with Crippen molar-refractivity contribution in [3.8, 4) is 11.3 Å². The maximum Gasteiger partial charge on any atom is 0.254 e. The average Bonchev–Trinajstić information content (AvgIpc) is 3.37. The van der Waals surface area contributed by atoms with Crippen LogP contribution in [-0.2, 0) is 9.59 Å². The summed E-state index contributed by atoms with van der Waals surface area (Å²) in [7, 11) is 0. The summed E-state index contributed by atoms with van der Waals surface area (Å²) >= 11 is 1.30. The fourth-order valence-corrected chi connectivity index (χ4v) is 4.28. The van der Waals surface area contributed by atoms with Crippen LogP contribution < -0.4 is 16.0 Å². The number of carbonyl (C=O) groups is 3. The zero-order chi connectivity index (χ0) is 21.4. The first-order valence-electron chi connectivity index (χ1n) is 9.61. The first kappa shape index (κ1) is 19.0. The second-order valence-corrected chi connectivity index (χ2v) is 7.96. The summed E-state index contributed by atoms with van der Waals surface area (Å²) in [5, 5.41) is 11.4. The highest BCUT2D eigenvalue weighted by atomic mass is 32.1. The van der Waals surface area contributed by atoms with E-state index in [0.29, 0.717) is 16.4 Å². The van der Waals surface area contributed by atoms with Gasteiger partial charge in [0.15, 0.2) is 5.13 Å². The van der Waals surface area contributed by atoms with E-state index in [2.05, 4.69) is 25.9 Å². The molecule has 31 heavy (non-hydrogen) atoms. The van der Waals surface area contributed by atoms with Crippen molar-refractivity contribution in [1.29, 1.82) is 0 Å². The molecule has 2 aromatic carbocycles. The third kappa shape index (κ3) is 3.66. The smallest absolute Gasteiger partial charge is 0.254 e. The van der Waals surface area contributed by atoms with Crippen molar-refractivity contribution in [2.75, 3.05) is 10.6 Å². The van der Waals surface area contributed by atoms with Crippen LogP contribution in [0, 0.1) is 0 Å². The monoisotopic (exact) mass is 431 g/mol. The molecule has 0 aliphatic carbocycles. The van der Waals surface area contributed by atoms with Gasteiger partial charge in [-0.2, -0.15) is 0 Å². The number of hydrogen-bond acceptors (Lipinski definition) is 5. The van der Waals surface area contributed by atoms with Crippen molar-refractivity contribution >= 4 is 50.8 Å². The highest BCUT2D eigenvalue weighted by molar-refractivity contribution is 7.14. The molecule has 0 saturated carbocycles. The number of carbonyl (C=O) groups excluding carboxylic acids is 3. The largest absolute Gasteiger partial charge is 0.360 e. The Hall–Kier alpha value is -3.98. The molecule has 3 amide bonds. The standard InChI is InChI=1S/C22H17N5O3S/c28-19(9-17-21(30)24-16-8-4-2-6-13(16)20(29)25-17)27-22-26-18(11-31-22)14-10-23-15-7-3-1-5-12(14)15/h1-8,10-11,17,23H,9H2,(H,24,30)(H,25,29)(H,26,27,28)/t17-/m0/s1. The Labute approximate surface area is 180 Å². The Bertz CT molecular complexity index is 1330. The lowest BCUT2D eigenvalue weighted by molar-refractivity contribution is -0.122. The molecule has 154 valence electrons. The van der Waals surface area contributed by atoms with Crippen LogP contribution in [-0.4, -0.2) is 33.7 Å². The number of nitrogens with one attached hydrogen (secondary N) is 4. The molecule has 0 fully saturated rings. The lowest BCUT2D eigenvalue weighted by atomic mass is 10.1. The number of thiazole rings is 1. The number of H-pyrrole nitrogens is 1. The Morgan fingerprint density at radius 1 is 1.06 bits per heavy atom. The van der Waals surface area contributed by atoms with Crippen LogP contribution in [0.4, 0.5) is 10.8 Å². The second kappa shape index (κ2) is 7.69. The van der Waals surface area contributed by atoms with Gasteiger partial charge in [0.2, 0.25) is 11.8 Å². The third-order valence-electron chi connectivity index (χ3n) is 5.06. The molecule has 4 N–H and O–H groups in total. The van der Waals surface area contributed by atoms with Gasteiger partial charge < -0.3 is 20.9 Å². The van der Waals surface area contributed by atoms with Gasteiger partial charge in [-0.1, -0.05) is 30.3 Å². The second-order valence-electron chi connectivity index (χ2n) is 7.10. The fourth-order valence-electron chi connectivity index (χ4n) is 3.55. The molecule has 8 nitrogen and oxygen atoms in total. The molecule has 0 unspecified atom stereocenters. The minimum absolute atomic E-state index is 0.201. The number of hydrogen-bond donors (Lipinski definition) is 4. The van der Waals surface area contributed by atoms with Gasteiger partial charge in [0.1, 0.15) is 6.04 Å². The summed E-state index contributed by atoms with van der Waals surface area (Å²) in [6.07, 6.45) is 1.68. The molecule has 1 aliphatic rings. The summed E-state index contributed by atoms with van der Waals surface area (Å²) in [6, 6.07) is 13.6. The van der Waals surface area contributed by atoms with Gasteiger partial charge in [-0.05, 0) is 18.2 Å². The summed E-state index contributed by atoms with van der Waals surface area (Å²) < 4.78 is 0. The van der Waals surface area contributed by atoms with Crippen molar-refractivity contribution in [2.45, 2.75) is 12.5 Å². The van der Waals surface area contributed by atoms with E-state index in [-0.39, 0.29) is 6.42 Å². The SMILES string of the molecule is O=C(C[C@@H]1NC(=O)c2ccccc2NC1=O)Nc1nc(-c2c[nH]c3ccccc23)cs1. The van der Waals surface area contributed by atoms with Crippen molar-refractivity contribution in [3.05, 3.63) is 65.7 Å². The molecule has 0 saturated heterocycles. The van der Waals surface area contributed by atoms with Crippen LogP contribution >= 0.6 is 11.3 Å². The van der Waals surface area contributed by atoms with Gasteiger partial charge >= 0.3 is 0 Å². The topological polar surface area (TPSA) is 116 Å². The van der Waals surface area contributed by atoms with Crippen LogP contribution in [0.3, 0.4) is 0 Å². The fraction of sp³-hybridized carbons (Fsp3) is 0.0909. The first-order chi connectivity index (χ1) is 15.1. The Balaban J connectivity index is 1.28. The van der Waals surface area contributed by atoms with Crippen molar-refractivity contribution in [2.24, 2.45) is 0 Å². The predicted octanol–water partition coefficient (Wildman–Crippen LogP) is 3.37. The lowest BCUT2D eigenvalue weighted by Crippen LogP contribution is -2.43. The van der Waals surface area contributed by atoms with E-state index < -0.39 is 23.8 Å². The van der Waals surface area contributed by atoms with Crippen LogP contribution in [0.15, 0.2) is 60.1 Å². The van der Waals surface area contributed by atoms with E-state index in [1.54, 1.807) is 24.3 Å². The van der Waals surface area contributed by atoms with E-state index >= 15 is 0 Å². The van der Waals surface area contributed by atoms with E-state index in [9.17, 15) is 14.4 Å². The molecule has 4 aromatic rings. The quantitative estimate of drug-likeness (QED) is 0.396. The molecule has 0 radical (unpaired) electrons. The summed E-state index contributed by atoms with van der Waals surface area (Å²) in [6.45, 7) is 0. The van der Waals surface area contributed by atoms with Crippen LogP contribution in [0.5, 0.6) is 0 Å². The van der Waals surface area contributed by atoms with Gasteiger partial charge in [0.25, 0.3) is 5.91 Å². The number of anilines is 2. The van der Waals surface area contributed by atoms with Gasteiger partial charge in [-0.3, -0.25) is 14.4 Å². The summed E-state index contributed by atoms with van der Waals surface area (Å²) in [5.74, 6) is -1.25. The molecule has 5 rings (SSSR count). The average molecular weight is 431 g/mol. The number of rotatable bonds is 4. The molecule has 0 spiro atoms. The van der Waals surface area contributed by atoms with Gasteiger partial charge in [-0.25, -0.2) is 4.98 Å². The maximum absolute atomic E-state index is 12.5. The zero-order valence-electron chi connectivity index (χ0n) is 16.1. The lowest BCUT2D eigenvalue weighted by Gasteiger charge is -2.13. The summed E-state index contributed by atoms with van der Waals surface area (Å²) in [4.78, 5) is 45.1. The minimum Gasteiger partial charge on any atom is -0.360 e. The van der Waals surface area contributed by atoms with E-state index in [0.717, 1.165) is 22.2 Å². The Morgan fingerprint density at radius 2 is 1.87 bits per heavy atom. The number of para-hydroxylation sites is 2.